The van der Waals surface area contributed by atoms with E-state index >= 15 is 0 Å². The molecule has 0 aromatic rings. The predicted octanol–water partition coefficient (Wildman–Crippen LogP) is -1.03. The number of aliphatic hydroxyl groups excluding tert-OH is 1. The summed E-state index contributed by atoms with van der Waals surface area (Å²) in [5.74, 6) is 0.0515. The Morgan fingerprint density at radius 1 is 1.29 bits per heavy atom. The van der Waals surface area contributed by atoms with Crippen LogP contribution in [0.5, 0.6) is 0 Å². The van der Waals surface area contributed by atoms with E-state index in [4.69, 9.17) is 14.2 Å². The summed E-state index contributed by atoms with van der Waals surface area (Å²) >= 11 is 0. The lowest BCUT2D eigenvalue weighted by atomic mass is 9.82. The number of fused-ring (bicyclic) bond motifs is 4. The van der Waals surface area contributed by atoms with Gasteiger partial charge in [-0.15, -0.1) is 0 Å². The summed E-state index contributed by atoms with van der Waals surface area (Å²) in [6, 6.07) is 0. The van der Waals surface area contributed by atoms with Crippen LogP contribution in [0, 0.1) is 0 Å². The zero-order valence-corrected chi connectivity index (χ0v) is 7.38. The fourth-order valence-corrected chi connectivity index (χ4v) is 2.86. The van der Waals surface area contributed by atoms with Crippen LogP contribution in [0.15, 0.2) is 0 Å². The molecule has 76 valence electrons. The molecule has 14 heavy (non-hydrogen) atoms. The number of rotatable bonds is 0. The van der Waals surface area contributed by atoms with Gasteiger partial charge in [-0.2, -0.15) is 0 Å². The first kappa shape index (κ1) is 7.76. The maximum absolute atomic E-state index is 11.5. The summed E-state index contributed by atoms with van der Waals surface area (Å²) in [6.07, 6.45) is -0.394. The van der Waals surface area contributed by atoms with Gasteiger partial charge in [0.25, 0.3) is 0 Å². The second-order valence-corrected chi connectivity index (χ2v) is 4.42. The van der Waals surface area contributed by atoms with Crippen molar-refractivity contribution in [3.8, 4) is 0 Å². The molecule has 5 heteroatoms. The van der Waals surface area contributed by atoms with Gasteiger partial charge >= 0.3 is 0 Å². The van der Waals surface area contributed by atoms with Gasteiger partial charge in [0.1, 0.15) is 30.0 Å². The Bertz CT molecular complexity index is 307. The number of carbonyl (C=O) groups is 1. The summed E-state index contributed by atoms with van der Waals surface area (Å²) in [4.78, 5) is 11.5. The molecule has 0 aromatic carbocycles. The Kier molecular flexibility index (Phi) is 1.13. The number of ether oxygens (including phenoxy) is 3. The minimum atomic E-state index is -0.724. The molecule has 0 amide bonds. The van der Waals surface area contributed by atoms with Crippen LogP contribution in [0.4, 0.5) is 0 Å². The average molecular weight is 198 g/mol. The van der Waals surface area contributed by atoms with Gasteiger partial charge in [-0.25, -0.2) is 0 Å². The lowest BCUT2D eigenvalue weighted by Crippen LogP contribution is -2.48. The zero-order chi connectivity index (χ0) is 9.50. The Labute approximate surface area is 79.9 Å². The minimum absolute atomic E-state index is 0.0515. The third kappa shape index (κ3) is 0.704. The van der Waals surface area contributed by atoms with Crippen LogP contribution in [-0.4, -0.2) is 47.2 Å². The van der Waals surface area contributed by atoms with Crippen molar-refractivity contribution in [3.63, 3.8) is 0 Å². The molecule has 4 aliphatic rings. The largest absolute Gasteiger partial charge is 0.368 e. The SMILES string of the molecule is O=C1[C@H]2O[C@H]2C2(CCC(O)O2)[C@H]2O[C@@H]12. The molecule has 1 aliphatic carbocycles. The molecule has 3 aliphatic heterocycles. The number of hydrogen-bond acceptors (Lipinski definition) is 5. The molecule has 6 atom stereocenters. The average Bonchev–Trinajstić information content (AvgIpc) is 3.03. The molecular formula is C9H10O5. The van der Waals surface area contributed by atoms with E-state index in [-0.39, 0.29) is 30.2 Å². The van der Waals surface area contributed by atoms with Gasteiger partial charge in [0.15, 0.2) is 12.1 Å². The van der Waals surface area contributed by atoms with Crippen LogP contribution in [0.3, 0.4) is 0 Å². The quantitative estimate of drug-likeness (QED) is 0.504. The van der Waals surface area contributed by atoms with Crippen molar-refractivity contribution >= 4 is 5.78 Å². The molecule has 3 saturated heterocycles. The zero-order valence-electron chi connectivity index (χ0n) is 7.38. The van der Waals surface area contributed by atoms with Crippen molar-refractivity contribution in [2.24, 2.45) is 0 Å². The highest BCUT2D eigenvalue weighted by Gasteiger charge is 2.77. The number of Topliss-reactive ketones (excluding diaryl/α,β-unsaturated/α-hetero) is 1. The van der Waals surface area contributed by atoms with Crippen LogP contribution in [0.2, 0.25) is 0 Å². The molecule has 0 radical (unpaired) electrons. The lowest BCUT2D eigenvalue weighted by molar-refractivity contribution is -0.154. The third-order valence-electron chi connectivity index (χ3n) is 3.64. The molecule has 4 rings (SSSR count). The number of aliphatic hydroxyl groups is 1. The van der Waals surface area contributed by atoms with Crippen molar-refractivity contribution in [1.82, 2.24) is 0 Å². The van der Waals surface area contributed by atoms with Crippen LogP contribution in [0.1, 0.15) is 12.8 Å². The van der Waals surface area contributed by atoms with Crippen LogP contribution in [0.25, 0.3) is 0 Å². The van der Waals surface area contributed by atoms with E-state index in [1.807, 2.05) is 0 Å². The first-order valence-corrected chi connectivity index (χ1v) is 4.93. The third-order valence-corrected chi connectivity index (χ3v) is 3.64. The summed E-state index contributed by atoms with van der Waals surface area (Å²) in [5.41, 5.74) is -0.525. The standard InChI is InChI=1S/C9H10O5/c10-3-1-2-9(14-3)7-5(12-7)4(11)6-8(9)13-6/h3,5-8,10H,1-2H2/t3?,5-,6+,7-,8+,9?. The normalized spacial score (nSPS) is 63.8. The van der Waals surface area contributed by atoms with Crippen LogP contribution < -0.4 is 0 Å². The minimum Gasteiger partial charge on any atom is -0.368 e. The van der Waals surface area contributed by atoms with Crippen LogP contribution >= 0.6 is 0 Å². The summed E-state index contributed by atoms with van der Waals surface area (Å²) in [7, 11) is 0. The smallest absolute Gasteiger partial charge is 0.195 e. The van der Waals surface area contributed by atoms with Gasteiger partial charge in [-0.1, -0.05) is 0 Å². The Morgan fingerprint density at radius 2 is 1.93 bits per heavy atom. The Balaban J connectivity index is 1.72. The molecule has 4 fully saturated rings. The molecular weight excluding hydrogens is 188 g/mol. The van der Waals surface area contributed by atoms with E-state index in [0.717, 1.165) is 6.42 Å². The first-order chi connectivity index (χ1) is 6.72. The number of carbonyl (C=O) groups excluding carboxylic acids is 1. The van der Waals surface area contributed by atoms with E-state index in [1.54, 1.807) is 0 Å². The molecule has 5 nitrogen and oxygen atoms in total. The van der Waals surface area contributed by atoms with Gasteiger partial charge in [-0.05, 0) is 6.42 Å². The van der Waals surface area contributed by atoms with Crippen molar-refractivity contribution < 1.29 is 24.1 Å². The van der Waals surface area contributed by atoms with Crippen molar-refractivity contribution in [1.29, 1.82) is 0 Å². The fourth-order valence-electron chi connectivity index (χ4n) is 2.86. The van der Waals surface area contributed by atoms with Gasteiger partial charge in [0.05, 0.1) is 0 Å². The fraction of sp³-hybridized carbons (Fsp3) is 0.889. The highest BCUT2D eigenvalue weighted by atomic mass is 16.7. The molecule has 0 aromatic heterocycles. The summed E-state index contributed by atoms with van der Waals surface area (Å²) in [6.45, 7) is 0. The van der Waals surface area contributed by atoms with E-state index in [2.05, 4.69) is 0 Å². The van der Waals surface area contributed by atoms with E-state index in [9.17, 15) is 9.90 Å². The van der Waals surface area contributed by atoms with Gasteiger partial charge in [0.2, 0.25) is 0 Å². The van der Waals surface area contributed by atoms with Gasteiger partial charge in [0, 0.05) is 6.42 Å². The summed E-state index contributed by atoms with van der Waals surface area (Å²) < 4.78 is 16.1. The van der Waals surface area contributed by atoms with Crippen molar-refractivity contribution in [2.45, 2.75) is 49.1 Å². The van der Waals surface area contributed by atoms with E-state index in [1.165, 1.54) is 0 Å². The molecule has 3 heterocycles. The molecule has 1 N–H and O–H groups in total. The molecule has 1 saturated carbocycles. The maximum atomic E-state index is 11.5. The topological polar surface area (TPSA) is 71.6 Å². The monoisotopic (exact) mass is 198 g/mol. The highest BCUT2D eigenvalue weighted by molar-refractivity contribution is 5.94. The van der Waals surface area contributed by atoms with Crippen LogP contribution in [-0.2, 0) is 19.0 Å². The number of epoxide rings is 2. The van der Waals surface area contributed by atoms with E-state index < -0.39 is 11.9 Å². The summed E-state index contributed by atoms with van der Waals surface area (Å²) in [5, 5.41) is 9.37. The first-order valence-electron chi connectivity index (χ1n) is 4.93. The number of hydrogen-bond donors (Lipinski definition) is 1. The highest BCUT2D eigenvalue weighted by Crippen LogP contribution is 2.57. The number of ketones is 1. The predicted molar refractivity (Wildman–Crippen MR) is 41.4 cm³/mol. The second kappa shape index (κ2) is 2.04. The Morgan fingerprint density at radius 3 is 2.43 bits per heavy atom. The van der Waals surface area contributed by atoms with E-state index in [0.29, 0.717) is 6.42 Å². The molecule has 2 unspecified atom stereocenters. The molecule has 0 bridgehead atoms. The van der Waals surface area contributed by atoms with Crippen molar-refractivity contribution in [3.05, 3.63) is 0 Å². The molecule has 1 spiro atoms. The maximum Gasteiger partial charge on any atom is 0.195 e. The lowest BCUT2D eigenvalue weighted by Gasteiger charge is -2.26. The van der Waals surface area contributed by atoms with Gasteiger partial charge < -0.3 is 19.3 Å². The Hall–Kier alpha value is -0.490. The van der Waals surface area contributed by atoms with Crippen molar-refractivity contribution in [2.75, 3.05) is 0 Å². The van der Waals surface area contributed by atoms with Gasteiger partial charge in [-0.3, -0.25) is 4.79 Å². The second-order valence-electron chi connectivity index (χ2n) is 4.42.